The number of rotatable bonds is 7. The summed E-state index contributed by atoms with van der Waals surface area (Å²) in [5.41, 5.74) is 1.09. The normalized spacial score (nSPS) is 15.1. The van der Waals surface area contributed by atoms with Crippen LogP contribution in [0.25, 0.3) is 0 Å². The Morgan fingerprint density at radius 2 is 2.09 bits per heavy atom. The minimum atomic E-state index is 0. The van der Waals surface area contributed by atoms with Gasteiger partial charge < -0.3 is 20.1 Å². The molecule has 2 rings (SSSR count). The molecule has 0 aliphatic heterocycles. The summed E-state index contributed by atoms with van der Waals surface area (Å²) in [6.07, 6.45) is 6.90. The fraction of sp³-hybridized carbons (Fsp3) is 0.625. The predicted molar refractivity (Wildman–Crippen MR) is 103 cm³/mol. The van der Waals surface area contributed by atoms with Crippen LogP contribution in [0.15, 0.2) is 23.3 Å². The van der Waals surface area contributed by atoms with Crippen LogP contribution in [0.3, 0.4) is 0 Å². The Morgan fingerprint density at radius 1 is 1.30 bits per heavy atom. The van der Waals surface area contributed by atoms with Gasteiger partial charge >= 0.3 is 0 Å². The molecule has 0 unspecified atom stereocenters. The van der Waals surface area contributed by atoms with Crippen molar-refractivity contribution in [1.82, 2.24) is 15.6 Å². The highest BCUT2D eigenvalue weighted by Crippen LogP contribution is 2.17. The van der Waals surface area contributed by atoms with E-state index in [2.05, 4.69) is 20.6 Å². The van der Waals surface area contributed by atoms with E-state index in [-0.39, 0.29) is 24.0 Å². The SMILES string of the molecule is CN=C(NCc1ccc(OCCOC)nc1)NC1CCCC1.I. The van der Waals surface area contributed by atoms with E-state index in [1.165, 1.54) is 25.7 Å². The zero-order chi connectivity index (χ0) is 15.6. The van der Waals surface area contributed by atoms with Crippen molar-refractivity contribution < 1.29 is 9.47 Å². The number of halogens is 1. The zero-order valence-electron chi connectivity index (χ0n) is 13.9. The molecule has 0 amide bonds. The Balaban J connectivity index is 0.00000264. The standard InChI is InChI=1S/C16H26N4O2.HI/c1-17-16(20-14-5-3-4-6-14)19-12-13-7-8-15(18-11-13)22-10-9-21-2;/h7-8,11,14H,3-6,9-10,12H2,1-2H3,(H2,17,19,20);1H. The van der Waals surface area contributed by atoms with E-state index < -0.39 is 0 Å². The van der Waals surface area contributed by atoms with Crippen LogP contribution in [0.5, 0.6) is 5.88 Å². The number of pyridine rings is 1. The summed E-state index contributed by atoms with van der Waals surface area (Å²) in [5, 5.41) is 6.78. The van der Waals surface area contributed by atoms with Gasteiger partial charge in [-0.2, -0.15) is 0 Å². The molecule has 0 atom stereocenters. The van der Waals surface area contributed by atoms with Crippen molar-refractivity contribution in [3.05, 3.63) is 23.9 Å². The van der Waals surface area contributed by atoms with Crippen molar-refractivity contribution in [2.75, 3.05) is 27.4 Å². The smallest absolute Gasteiger partial charge is 0.213 e. The molecule has 1 fully saturated rings. The lowest BCUT2D eigenvalue weighted by atomic mass is 10.2. The van der Waals surface area contributed by atoms with E-state index in [9.17, 15) is 0 Å². The fourth-order valence-electron chi connectivity index (χ4n) is 2.47. The van der Waals surface area contributed by atoms with Crippen LogP contribution in [0.4, 0.5) is 0 Å². The van der Waals surface area contributed by atoms with Crippen LogP contribution in [0, 0.1) is 0 Å². The molecule has 0 saturated heterocycles. The highest BCUT2D eigenvalue weighted by atomic mass is 127. The molecule has 1 aliphatic rings. The lowest BCUT2D eigenvalue weighted by Gasteiger charge is -2.16. The first kappa shape index (κ1) is 20.0. The number of nitrogens with zero attached hydrogens (tertiary/aromatic N) is 2. The minimum absolute atomic E-state index is 0. The summed E-state index contributed by atoms with van der Waals surface area (Å²) in [6.45, 7) is 1.77. The summed E-state index contributed by atoms with van der Waals surface area (Å²) in [6, 6.07) is 4.44. The van der Waals surface area contributed by atoms with Crippen molar-refractivity contribution in [3.63, 3.8) is 0 Å². The van der Waals surface area contributed by atoms with Gasteiger partial charge in [-0.25, -0.2) is 4.98 Å². The molecule has 0 radical (unpaired) electrons. The van der Waals surface area contributed by atoms with Gasteiger partial charge in [0.1, 0.15) is 6.61 Å². The second-order valence-corrected chi connectivity index (χ2v) is 5.40. The number of hydrogen-bond donors (Lipinski definition) is 2. The Morgan fingerprint density at radius 3 is 2.70 bits per heavy atom. The highest BCUT2D eigenvalue weighted by Gasteiger charge is 2.15. The lowest BCUT2D eigenvalue weighted by molar-refractivity contribution is 0.143. The van der Waals surface area contributed by atoms with E-state index >= 15 is 0 Å². The summed E-state index contributed by atoms with van der Waals surface area (Å²) >= 11 is 0. The third-order valence-electron chi connectivity index (χ3n) is 3.71. The lowest BCUT2D eigenvalue weighted by Crippen LogP contribution is -2.41. The van der Waals surface area contributed by atoms with Gasteiger partial charge in [-0.3, -0.25) is 4.99 Å². The van der Waals surface area contributed by atoms with Gasteiger partial charge in [0.25, 0.3) is 0 Å². The average Bonchev–Trinajstić information content (AvgIpc) is 3.06. The summed E-state index contributed by atoms with van der Waals surface area (Å²) in [7, 11) is 3.45. The van der Waals surface area contributed by atoms with E-state index in [0.29, 0.717) is 31.7 Å². The molecular weight excluding hydrogens is 407 g/mol. The second kappa shape index (κ2) is 11.4. The van der Waals surface area contributed by atoms with Gasteiger partial charge in [0.05, 0.1) is 6.61 Å². The van der Waals surface area contributed by atoms with Gasteiger partial charge in [-0.15, -0.1) is 24.0 Å². The first-order valence-corrected chi connectivity index (χ1v) is 7.85. The van der Waals surface area contributed by atoms with Crippen LogP contribution in [-0.4, -0.2) is 44.4 Å². The first-order valence-electron chi connectivity index (χ1n) is 7.85. The third-order valence-corrected chi connectivity index (χ3v) is 3.71. The monoisotopic (exact) mass is 434 g/mol. The molecule has 130 valence electrons. The van der Waals surface area contributed by atoms with E-state index in [4.69, 9.17) is 9.47 Å². The maximum Gasteiger partial charge on any atom is 0.213 e. The molecule has 1 aliphatic carbocycles. The maximum absolute atomic E-state index is 5.44. The van der Waals surface area contributed by atoms with E-state index in [1.807, 2.05) is 18.3 Å². The molecule has 1 saturated carbocycles. The number of ether oxygens (including phenoxy) is 2. The Bertz CT molecular complexity index is 462. The topological polar surface area (TPSA) is 67.8 Å². The summed E-state index contributed by atoms with van der Waals surface area (Å²) < 4.78 is 10.4. The van der Waals surface area contributed by atoms with Crippen molar-refractivity contribution in [2.45, 2.75) is 38.3 Å². The molecule has 6 nitrogen and oxygen atoms in total. The predicted octanol–water partition coefficient (Wildman–Crippen LogP) is 2.33. The van der Waals surface area contributed by atoms with Gasteiger partial charge in [0, 0.05) is 39.0 Å². The highest BCUT2D eigenvalue weighted by molar-refractivity contribution is 14.0. The fourth-order valence-corrected chi connectivity index (χ4v) is 2.47. The molecule has 7 heteroatoms. The minimum Gasteiger partial charge on any atom is -0.475 e. The van der Waals surface area contributed by atoms with Gasteiger partial charge in [0.2, 0.25) is 5.88 Å². The van der Waals surface area contributed by atoms with Crippen LogP contribution in [-0.2, 0) is 11.3 Å². The van der Waals surface area contributed by atoms with Crippen LogP contribution < -0.4 is 15.4 Å². The molecule has 1 aromatic heterocycles. The molecule has 1 heterocycles. The number of guanidine groups is 1. The number of hydrogen-bond acceptors (Lipinski definition) is 4. The van der Waals surface area contributed by atoms with Gasteiger partial charge in [0.15, 0.2) is 5.96 Å². The van der Waals surface area contributed by atoms with Crippen molar-refractivity contribution in [2.24, 2.45) is 4.99 Å². The second-order valence-electron chi connectivity index (χ2n) is 5.40. The number of nitrogens with one attached hydrogen (secondary N) is 2. The van der Waals surface area contributed by atoms with Crippen LogP contribution in [0.1, 0.15) is 31.2 Å². The maximum atomic E-state index is 5.44. The number of aromatic nitrogens is 1. The van der Waals surface area contributed by atoms with Crippen molar-refractivity contribution in [3.8, 4) is 5.88 Å². The number of methoxy groups -OCH3 is 1. The first-order chi connectivity index (χ1) is 10.8. The molecule has 0 bridgehead atoms. The molecule has 0 spiro atoms. The van der Waals surface area contributed by atoms with Gasteiger partial charge in [-0.1, -0.05) is 18.9 Å². The largest absolute Gasteiger partial charge is 0.475 e. The van der Waals surface area contributed by atoms with Gasteiger partial charge in [-0.05, 0) is 18.4 Å². The van der Waals surface area contributed by atoms with Crippen LogP contribution >= 0.6 is 24.0 Å². The molecule has 2 N–H and O–H groups in total. The average molecular weight is 434 g/mol. The molecule has 0 aromatic carbocycles. The molecule has 1 aromatic rings. The quantitative estimate of drug-likeness (QED) is 0.299. The summed E-state index contributed by atoms with van der Waals surface area (Å²) in [5.74, 6) is 1.47. The molecular formula is C16H27IN4O2. The Hall–Kier alpha value is -1.09. The van der Waals surface area contributed by atoms with E-state index in [1.54, 1.807) is 14.2 Å². The third kappa shape index (κ3) is 7.34. The molecule has 23 heavy (non-hydrogen) atoms. The van der Waals surface area contributed by atoms with Crippen molar-refractivity contribution in [1.29, 1.82) is 0 Å². The zero-order valence-corrected chi connectivity index (χ0v) is 16.2. The Labute approximate surface area is 155 Å². The number of aliphatic imine (C=N–C) groups is 1. The van der Waals surface area contributed by atoms with E-state index in [0.717, 1.165) is 11.5 Å². The Kier molecular flexibility index (Phi) is 9.93. The van der Waals surface area contributed by atoms with Crippen molar-refractivity contribution >= 4 is 29.9 Å². The summed E-state index contributed by atoms with van der Waals surface area (Å²) in [4.78, 5) is 8.55. The van der Waals surface area contributed by atoms with Crippen LogP contribution in [0.2, 0.25) is 0 Å².